The molecule has 0 amide bonds. The number of aromatic nitrogens is 3. The van der Waals surface area contributed by atoms with Crippen LogP contribution in [0.2, 0.25) is 5.02 Å². The SMILES string of the molecule is C.[CH2-]CC([CH2-])n1cnnc1-c1cc(Cl)c(C)cc1NS(=O)(=O)c1ccc(C(C)(C)C)cc1.[W+2]. The molecule has 0 aliphatic carbocycles. The van der Waals surface area contributed by atoms with Crippen LogP contribution in [0.15, 0.2) is 47.6 Å². The summed E-state index contributed by atoms with van der Waals surface area (Å²) in [6.07, 6.45) is 2.07. The zero-order valence-corrected chi connectivity index (χ0v) is 23.1. The van der Waals surface area contributed by atoms with Gasteiger partial charge in [0.15, 0.2) is 5.82 Å². The molecule has 1 unspecified atom stereocenters. The van der Waals surface area contributed by atoms with Crippen LogP contribution in [0.1, 0.15) is 51.8 Å². The Bertz CT molecular complexity index is 1190. The molecule has 9 heteroatoms. The number of nitrogens with zero attached hydrogens (tertiary/aromatic N) is 3. The third-order valence-electron chi connectivity index (χ3n) is 5.11. The summed E-state index contributed by atoms with van der Waals surface area (Å²) in [4.78, 5) is 0.174. The molecule has 6 nitrogen and oxygen atoms in total. The summed E-state index contributed by atoms with van der Waals surface area (Å²) >= 11 is 6.35. The van der Waals surface area contributed by atoms with Crippen molar-refractivity contribution in [1.29, 1.82) is 0 Å². The monoisotopic (exact) mass is 658 g/mol. The number of hydrogen-bond acceptors (Lipinski definition) is 4. The first-order valence-electron chi connectivity index (χ1n) is 9.89. The summed E-state index contributed by atoms with van der Waals surface area (Å²) < 4.78 is 30.7. The summed E-state index contributed by atoms with van der Waals surface area (Å²) in [6, 6.07) is 10.1. The maximum atomic E-state index is 13.1. The van der Waals surface area contributed by atoms with Gasteiger partial charge in [0.2, 0.25) is 0 Å². The molecule has 0 aliphatic rings. The van der Waals surface area contributed by atoms with Crippen molar-refractivity contribution < 1.29 is 29.5 Å². The van der Waals surface area contributed by atoms with Crippen molar-refractivity contribution >= 4 is 27.3 Å². The molecule has 3 rings (SSSR count). The number of anilines is 1. The minimum absolute atomic E-state index is 0. The van der Waals surface area contributed by atoms with E-state index in [1.807, 2.05) is 19.1 Å². The van der Waals surface area contributed by atoms with E-state index in [2.05, 4.69) is 49.5 Å². The number of hydrogen-bond donors (Lipinski definition) is 1. The molecule has 1 aromatic heterocycles. The second kappa shape index (κ2) is 11.2. The third-order valence-corrected chi connectivity index (χ3v) is 6.90. The van der Waals surface area contributed by atoms with Gasteiger partial charge in [-0.05, 0) is 47.7 Å². The molecule has 178 valence electrons. The van der Waals surface area contributed by atoms with Gasteiger partial charge in [0, 0.05) is 10.6 Å². The quantitative estimate of drug-likeness (QED) is 0.319. The van der Waals surface area contributed by atoms with Gasteiger partial charge < -0.3 is 18.4 Å². The minimum Gasteiger partial charge on any atom is -0.344 e. The van der Waals surface area contributed by atoms with Crippen LogP contribution >= 0.6 is 11.6 Å². The zero-order valence-electron chi connectivity index (χ0n) is 18.6. The van der Waals surface area contributed by atoms with Crippen LogP contribution in [-0.2, 0) is 36.5 Å². The molecule has 33 heavy (non-hydrogen) atoms. The molecule has 2 aromatic carbocycles. The topological polar surface area (TPSA) is 76.9 Å². The van der Waals surface area contributed by atoms with Gasteiger partial charge in [-0.25, -0.2) is 8.42 Å². The Morgan fingerprint density at radius 2 is 1.79 bits per heavy atom. The van der Waals surface area contributed by atoms with E-state index in [1.54, 1.807) is 35.2 Å². The van der Waals surface area contributed by atoms with E-state index in [4.69, 9.17) is 11.6 Å². The molecule has 0 saturated heterocycles. The second-order valence-electron chi connectivity index (χ2n) is 8.53. The van der Waals surface area contributed by atoms with Gasteiger partial charge in [0.25, 0.3) is 10.0 Å². The smallest absolute Gasteiger partial charge is 0.344 e. The summed E-state index contributed by atoms with van der Waals surface area (Å²) in [5.74, 6) is 0.464. The Labute approximate surface area is 217 Å². The molecule has 1 heterocycles. The van der Waals surface area contributed by atoms with Gasteiger partial charge >= 0.3 is 21.1 Å². The van der Waals surface area contributed by atoms with Crippen molar-refractivity contribution in [1.82, 2.24) is 14.8 Å². The first-order chi connectivity index (χ1) is 14.4. The summed E-state index contributed by atoms with van der Waals surface area (Å²) in [5, 5.41) is 8.65. The van der Waals surface area contributed by atoms with Gasteiger partial charge in [-0.2, -0.15) is 6.42 Å². The molecule has 0 aliphatic heterocycles. The predicted molar refractivity (Wildman–Crippen MR) is 132 cm³/mol. The normalized spacial score (nSPS) is 12.5. The summed E-state index contributed by atoms with van der Waals surface area (Å²) in [7, 11) is -3.84. The Morgan fingerprint density at radius 3 is 2.33 bits per heavy atom. The van der Waals surface area contributed by atoms with E-state index in [-0.39, 0.29) is 44.8 Å². The molecular formula is C24H31ClN4O2SW. The summed E-state index contributed by atoms with van der Waals surface area (Å²) in [6.45, 7) is 16.0. The Kier molecular flexibility index (Phi) is 9.92. The number of benzene rings is 2. The number of aryl methyl sites for hydroxylation is 1. The molecule has 0 radical (unpaired) electrons. The van der Waals surface area contributed by atoms with E-state index in [0.29, 0.717) is 28.5 Å². The van der Waals surface area contributed by atoms with Crippen molar-refractivity contribution in [2.45, 2.75) is 57.9 Å². The number of halogens is 1. The molecule has 1 atom stereocenters. The van der Waals surface area contributed by atoms with Crippen LogP contribution in [0.5, 0.6) is 0 Å². The molecule has 0 saturated carbocycles. The van der Waals surface area contributed by atoms with Gasteiger partial charge in [0.1, 0.15) is 6.33 Å². The Balaban J connectivity index is 0.00000272. The molecule has 1 N–H and O–H groups in total. The van der Waals surface area contributed by atoms with Crippen LogP contribution in [0.3, 0.4) is 0 Å². The van der Waals surface area contributed by atoms with E-state index in [0.717, 1.165) is 11.1 Å². The first kappa shape index (κ1) is 29.3. The van der Waals surface area contributed by atoms with Gasteiger partial charge in [-0.15, -0.1) is 16.2 Å². The fraction of sp³-hybridized carbons (Fsp3) is 0.333. The van der Waals surface area contributed by atoms with Crippen molar-refractivity contribution in [3.8, 4) is 11.4 Å². The van der Waals surface area contributed by atoms with Crippen LogP contribution < -0.4 is 4.72 Å². The van der Waals surface area contributed by atoms with Gasteiger partial charge in [0.05, 0.1) is 10.6 Å². The fourth-order valence-electron chi connectivity index (χ4n) is 3.13. The second-order valence-corrected chi connectivity index (χ2v) is 10.6. The van der Waals surface area contributed by atoms with Crippen molar-refractivity contribution in [3.63, 3.8) is 0 Å². The van der Waals surface area contributed by atoms with Crippen molar-refractivity contribution in [2.24, 2.45) is 0 Å². The Hall–Kier alpha value is -1.69. The maximum Gasteiger partial charge on any atom is 2.00 e. The third kappa shape index (κ3) is 6.46. The number of sulfonamides is 1. The number of rotatable bonds is 6. The zero-order chi connectivity index (χ0) is 23.0. The van der Waals surface area contributed by atoms with Crippen LogP contribution in [0.25, 0.3) is 11.4 Å². The van der Waals surface area contributed by atoms with Crippen molar-refractivity contribution in [2.75, 3.05) is 4.72 Å². The van der Waals surface area contributed by atoms with Crippen LogP contribution in [-0.4, -0.2) is 23.2 Å². The first-order valence-corrected chi connectivity index (χ1v) is 11.8. The van der Waals surface area contributed by atoms with Crippen LogP contribution in [0.4, 0.5) is 5.69 Å². The molecule has 3 aromatic rings. The Morgan fingerprint density at radius 1 is 1.18 bits per heavy atom. The predicted octanol–water partition coefficient (Wildman–Crippen LogP) is 6.24. The number of nitrogens with one attached hydrogen (secondary N) is 1. The fourth-order valence-corrected chi connectivity index (χ4v) is 4.36. The molecule has 0 bridgehead atoms. The largest absolute Gasteiger partial charge is 2.00 e. The summed E-state index contributed by atoms with van der Waals surface area (Å²) in [5.41, 5.74) is 2.61. The van der Waals surface area contributed by atoms with Crippen molar-refractivity contribution in [3.05, 3.63) is 72.7 Å². The average Bonchev–Trinajstić information content (AvgIpc) is 3.19. The van der Waals surface area contributed by atoms with Gasteiger partial charge in [-0.3, -0.25) is 4.72 Å². The molecular weight excluding hydrogens is 628 g/mol. The average molecular weight is 659 g/mol. The standard InChI is InChI=1S/C23H27ClN4O2S.CH4.W/c1-7-16(3)28-14-25-26-22(28)19-13-20(24)15(2)12-21(19)27-31(29,30)18-10-8-17(9-11-18)23(4,5)6;;/h8-14,16,27H,1,3,7H2,2,4-6H3;1H4;/q-2;;+2. The van der Waals surface area contributed by atoms with Crippen LogP contribution in [0, 0.1) is 20.8 Å². The van der Waals surface area contributed by atoms with E-state index < -0.39 is 10.0 Å². The minimum atomic E-state index is -3.84. The van der Waals surface area contributed by atoms with Gasteiger partial charge in [-0.1, -0.05) is 51.9 Å². The van der Waals surface area contributed by atoms with E-state index in [1.165, 1.54) is 0 Å². The molecule has 0 spiro atoms. The van der Waals surface area contributed by atoms with E-state index >= 15 is 0 Å². The maximum absolute atomic E-state index is 13.1. The molecule has 0 fully saturated rings. The van der Waals surface area contributed by atoms with E-state index in [9.17, 15) is 8.42 Å².